The van der Waals surface area contributed by atoms with Crippen molar-refractivity contribution in [2.45, 2.75) is 18.0 Å². The molecule has 31 heavy (non-hydrogen) atoms. The average molecular weight is 452 g/mol. The second kappa shape index (κ2) is 8.09. The van der Waals surface area contributed by atoms with Gasteiger partial charge in [-0.3, -0.25) is 9.78 Å². The Morgan fingerprint density at radius 3 is 2.68 bits per heavy atom. The topological polar surface area (TPSA) is 85.0 Å². The van der Waals surface area contributed by atoms with Gasteiger partial charge in [0.05, 0.1) is 12.1 Å². The molecule has 9 heteroatoms. The lowest BCUT2D eigenvalue weighted by Gasteiger charge is -2.25. The first-order valence-electron chi connectivity index (χ1n) is 9.50. The van der Waals surface area contributed by atoms with Gasteiger partial charge < -0.3 is 9.42 Å². The van der Waals surface area contributed by atoms with E-state index in [0.717, 1.165) is 16.8 Å². The van der Waals surface area contributed by atoms with Crippen LogP contribution in [0.2, 0.25) is 5.02 Å². The van der Waals surface area contributed by atoms with Gasteiger partial charge in [-0.1, -0.05) is 58.7 Å². The van der Waals surface area contributed by atoms with Gasteiger partial charge in [-0.05, 0) is 29.3 Å². The van der Waals surface area contributed by atoms with Crippen LogP contribution in [0.3, 0.4) is 0 Å². The highest BCUT2D eigenvalue weighted by Gasteiger charge is 2.43. The highest BCUT2D eigenvalue weighted by Crippen LogP contribution is 2.44. The second-order valence-electron chi connectivity index (χ2n) is 7.04. The summed E-state index contributed by atoms with van der Waals surface area (Å²) in [4.78, 5) is 27.7. The molecule has 0 spiro atoms. The summed E-state index contributed by atoms with van der Waals surface area (Å²) >= 11 is 12.8. The van der Waals surface area contributed by atoms with Gasteiger partial charge in [-0.2, -0.15) is 4.98 Å². The fourth-order valence-electron chi connectivity index (χ4n) is 3.67. The Morgan fingerprint density at radius 2 is 1.90 bits per heavy atom. The molecular weight excluding hydrogens is 437 g/mol. The van der Waals surface area contributed by atoms with E-state index in [9.17, 15) is 4.79 Å². The Hall–Kier alpha value is -3.29. The molecule has 7 nitrogen and oxygen atoms in total. The van der Waals surface area contributed by atoms with Crippen molar-refractivity contribution in [1.82, 2.24) is 20.1 Å². The molecule has 1 aliphatic rings. The number of hydrogen-bond donors (Lipinski definition) is 0. The van der Waals surface area contributed by atoms with Crippen LogP contribution in [0.15, 0.2) is 71.6 Å². The first-order valence-corrected chi connectivity index (χ1v) is 10.3. The molecule has 1 aliphatic heterocycles. The van der Waals surface area contributed by atoms with Gasteiger partial charge in [0.1, 0.15) is 11.2 Å². The number of halogens is 2. The lowest BCUT2D eigenvalue weighted by atomic mass is 9.96. The molecular formula is C22H15Cl2N5O2. The summed E-state index contributed by atoms with van der Waals surface area (Å²) < 4.78 is 5.25. The van der Waals surface area contributed by atoms with E-state index in [1.807, 2.05) is 53.4 Å². The van der Waals surface area contributed by atoms with Crippen molar-refractivity contribution < 1.29 is 9.32 Å². The maximum Gasteiger partial charge on any atom is 0.295 e. The summed E-state index contributed by atoms with van der Waals surface area (Å²) in [5, 5.41) is 4.54. The molecule has 3 heterocycles. The normalized spacial score (nSPS) is 17.5. The quantitative estimate of drug-likeness (QED) is 0.246. The fraction of sp³-hybridized carbons (Fsp3) is 0.136. The van der Waals surface area contributed by atoms with E-state index in [-0.39, 0.29) is 17.5 Å². The molecule has 2 aromatic heterocycles. The Bertz CT molecular complexity index is 1230. The average Bonchev–Trinajstić information content (AvgIpc) is 3.40. The van der Waals surface area contributed by atoms with Crippen molar-refractivity contribution in [3.8, 4) is 11.5 Å². The van der Waals surface area contributed by atoms with Crippen LogP contribution in [0.1, 0.15) is 27.7 Å². The number of rotatable bonds is 5. The summed E-state index contributed by atoms with van der Waals surface area (Å²) in [6, 6.07) is 15.2. The number of Topliss-reactive ketones (excluding diaryl/α,β-unsaturated/α-hetero) is 1. The Balaban J connectivity index is 1.46. The number of carbonyl (C=O) groups excluding carboxylic acids is 1. The van der Waals surface area contributed by atoms with Crippen LogP contribution in [0, 0.1) is 0 Å². The van der Waals surface area contributed by atoms with Crippen LogP contribution in [0.25, 0.3) is 11.5 Å². The summed E-state index contributed by atoms with van der Waals surface area (Å²) in [7, 11) is 0. The molecule has 0 amide bonds. The maximum atomic E-state index is 13.3. The number of para-hydroxylation sites is 1. The Kier molecular flexibility index (Phi) is 5.13. The van der Waals surface area contributed by atoms with E-state index < -0.39 is 11.4 Å². The summed E-state index contributed by atoms with van der Waals surface area (Å²) in [6.45, 7) is 0.529. The fourth-order valence-corrected chi connectivity index (χ4v) is 4.22. The van der Waals surface area contributed by atoms with E-state index >= 15 is 0 Å². The molecule has 0 bridgehead atoms. The third-order valence-electron chi connectivity index (χ3n) is 5.13. The molecule has 0 N–H and O–H groups in total. The van der Waals surface area contributed by atoms with E-state index in [1.54, 1.807) is 6.20 Å². The van der Waals surface area contributed by atoms with Crippen LogP contribution >= 0.6 is 23.2 Å². The Labute approximate surface area is 187 Å². The number of benzene rings is 2. The first kappa shape index (κ1) is 19.7. The molecule has 2 aromatic carbocycles. The second-order valence-corrected chi connectivity index (χ2v) is 7.93. The van der Waals surface area contributed by atoms with Gasteiger partial charge >= 0.3 is 0 Å². The van der Waals surface area contributed by atoms with Crippen LogP contribution < -0.4 is 4.90 Å². The van der Waals surface area contributed by atoms with Crippen molar-refractivity contribution in [3.05, 3.63) is 89.2 Å². The minimum absolute atomic E-state index is 0.112. The predicted octanol–water partition coefficient (Wildman–Crippen LogP) is 4.73. The van der Waals surface area contributed by atoms with Gasteiger partial charge in [0.2, 0.25) is 11.6 Å². The number of alkyl halides is 1. The monoisotopic (exact) mass is 451 g/mol. The Morgan fingerprint density at radius 1 is 1.10 bits per heavy atom. The number of carbonyl (C=O) groups is 1. The summed E-state index contributed by atoms with van der Waals surface area (Å²) in [5.74, 6) is -0.902. The zero-order chi connectivity index (χ0) is 21.4. The molecule has 0 aliphatic carbocycles. The predicted molar refractivity (Wildman–Crippen MR) is 116 cm³/mol. The number of ketones is 1. The largest absolute Gasteiger partial charge is 0.350 e. The standard InChI is InChI=1S/C22H15Cl2N5O2/c23-14-7-5-13(6-8-14)12-29-17-4-2-1-3-15(17)18(20(29)24)19(30)22-27-21(28-31-22)16-11-25-9-10-26-16/h1-11,18,20H,12H2. The minimum Gasteiger partial charge on any atom is -0.350 e. The van der Waals surface area contributed by atoms with Gasteiger partial charge in [0, 0.05) is 29.6 Å². The molecule has 0 radical (unpaired) electrons. The van der Waals surface area contributed by atoms with Gasteiger partial charge in [-0.15, -0.1) is 0 Å². The van der Waals surface area contributed by atoms with Gasteiger partial charge in [-0.25, -0.2) is 4.98 Å². The van der Waals surface area contributed by atoms with Crippen LogP contribution in [0.4, 0.5) is 5.69 Å². The molecule has 0 saturated heterocycles. The van der Waals surface area contributed by atoms with Gasteiger partial charge in [0.15, 0.2) is 0 Å². The van der Waals surface area contributed by atoms with Crippen molar-refractivity contribution >= 4 is 34.7 Å². The SMILES string of the molecule is O=C(c1nc(-c2cnccn2)no1)C1c2ccccc2N(Cc2ccc(Cl)cc2)C1Cl. The third-order valence-corrected chi connectivity index (χ3v) is 5.87. The van der Waals surface area contributed by atoms with Gasteiger partial charge in [0.25, 0.3) is 5.89 Å². The first-order chi connectivity index (χ1) is 15.1. The molecule has 0 saturated carbocycles. The van der Waals surface area contributed by atoms with Crippen molar-refractivity contribution in [2.75, 3.05) is 4.90 Å². The molecule has 4 aromatic rings. The van der Waals surface area contributed by atoms with Crippen molar-refractivity contribution in [1.29, 1.82) is 0 Å². The zero-order valence-electron chi connectivity index (χ0n) is 16.0. The van der Waals surface area contributed by atoms with Crippen LogP contribution in [-0.4, -0.2) is 31.4 Å². The number of nitrogens with zero attached hydrogens (tertiary/aromatic N) is 5. The molecule has 2 unspecified atom stereocenters. The van der Waals surface area contributed by atoms with E-state index in [1.165, 1.54) is 12.4 Å². The number of anilines is 1. The maximum absolute atomic E-state index is 13.3. The van der Waals surface area contributed by atoms with E-state index in [4.69, 9.17) is 27.7 Å². The number of fused-ring (bicyclic) bond motifs is 1. The molecule has 5 rings (SSSR count). The summed E-state index contributed by atoms with van der Waals surface area (Å²) in [6.07, 6.45) is 4.56. The highest BCUT2D eigenvalue weighted by molar-refractivity contribution is 6.30. The van der Waals surface area contributed by atoms with E-state index in [0.29, 0.717) is 17.3 Å². The zero-order valence-corrected chi connectivity index (χ0v) is 17.5. The molecule has 2 atom stereocenters. The molecule has 154 valence electrons. The van der Waals surface area contributed by atoms with Crippen molar-refractivity contribution in [2.24, 2.45) is 0 Å². The minimum atomic E-state index is -0.652. The van der Waals surface area contributed by atoms with Crippen LogP contribution in [-0.2, 0) is 6.54 Å². The number of hydrogen-bond acceptors (Lipinski definition) is 7. The van der Waals surface area contributed by atoms with Crippen LogP contribution in [0.5, 0.6) is 0 Å². The number of aromatic nitrogens is 4. The summed E-state index contributed by atoms with van der Waals surface area (Å²) in [5.41, 5.74) is 2.54. The highest BCUT2D eigenvalue weighted by atomic mass is 35.5. The van der Waals surface area contributed by atoms with E-state index in [2.05, 4.69) is 20.1 Å². The molecule has 0 fully saturated rings. The lowest BCUT2D eigenvalue weighted by Crippen LogP contribution is -2.32. The lowest BCUT2D eigenvalue weighted by molar-refractivity contribution is 0.0917. The third kappa shape index (κ3) is 3.66. The van der Waals surface area contributed by atoms with Crippen molar-refractivity contribution in [3.63, 3.8) is 0 Å². The smallest absolute Gasteiger partial charge is 0.295 e.